The van der Waals surface area contributed by atoms with Crippen LogP contribution in [0.2, 0.25) is 0 Å². The summed E-state index contributed by atoms with van der Waals surface area (Å²) in [6.45, 7) is 19.2. The second-order valence-electron chi connectivity index (χ2n) is 1.46. The van der Waals surface area contributed by atoms with Gasteiger partial charge in [-0.25, -0.2) is 0 Å². The van der Waals surface area contributed by atoms with E-state index in [9.17, 15) is 0 Å². The Morgan fingerprint density at radius 3 is 1.00 bits per heavy atom. The van der Waals surface area contributed by atoms with Crippen LogP contribution in [0.5, 0.6) is 0 Å². The van der Waals surface area contributed by atoms with Gasteiger partial charge in [0.2, 0.25) is 0 Å². The van der Waals surface area contributed by atoms with Crippen molar-refractivity contribution in [1.29, 1.82) is 0 Å². The molecule has 0 saturated heterocycles. The van der Waals surface area contributed by atoms with Gasteiger partial charge >= 0.3 is 0 Å². The first-order valence-corrected chi connectivity index (χ1v) is 4.64. The molecule has 0 atom stereocenters. The normalized spacial score (nSPS) is 7.15. The van der Waals surface area contributed by atoms with Gasteiger partial charge in [0.1, 0.15) is 0 Å². The van der Waals surface area contributed by atoms with Crippen molar-refractivity contribution in [3.05, 3.63) is 50.1 Å². The first-order valence-electron chi connectivity index (χ1n) is 4.64. The van der Waals surface area contributed by atoms with Crippen molar-refractivity contribution >= 4 is 0 Å². The van der Waals surface area contributed by atoms with Crippen LogP contribution in [0.15, 0.2) is 50.1 Å². The van der Waals surface area contributed by atoms with Gasteiger partial charge in [0.05, 0.1) is 0 Å². The number of hydrogen-bond donors (Lipinski definition) is 0. The Hall–Kier alpha value is -1.04. The molecule has 0 aliphatic heterocycles. The van der Waals surface area contributed by atoms with Crippen molar-refractivity contribution in [1.82, 2.24) is 0 Å². The molecule has 0 aliphatic rings. The zero-order valence-corrected chi connectivity index (χ0v) is 10.0. The van der Waals surface area contributed by atoms with Crippen LogP contribution in [0.4, 0.5) is 0 Å². The molecule has 0 aliphatic carbocycles. The molecule has 0 rings (SSSR count). The molecule has 0 spiro atoms. The highest BCUT2D eigenvalue weighted by Crippen LogP contribution is 1.71. The zero-order valence-electron chi connectivity index (χ0n) is 10.0. The quantitative estimate of drug-likeness (QED) is 0.388. The van der Waals surface area contributed by atoms with Crippen LogP contribution in [0.25, 0.3) is 0 Å². The summed E-state index contributed by atoms with van der Waals surface area (Å²) >= 11 is 0. The Kier molecular flexibility index (Phi) is 121. The zero-order chi connectivity index (χ0) is 11.5. The maximum absolute atomic E-state index is 3.36. The fourth-order valence-corrected chi connectivity index (χ4v) is 0.222. The fourth-order valence-electron chi connectivity index (χ4n) is 0.222. The van der Waals surface area contributed by atoms with Gasteiger partial charge < -0.3 is 0 Å². The topological polar surface area (TPSA) is 0 Å². The lowest BCUT2D eigenvalue weighted by Crippen LogP contribution is -1.40. The third kappa shape index (κ3) is 229. The molecule has 13 heavy (non-hydrogen) atoms. The lowest BCUT2D eigenvalue weighted by Gasteiger charge is -1.62. The van der Waals surface area contributed by atoms with Crippen LogP contribution in [0, 0.1) is 0 Å². The van der Waals surface area contributed by atoms with Crippen LogP contribution in [-0.2, 0) is 0 Å². The van der Waals surface area contributed by atoms with E-state index in [4.69, 9.17) is 0 Å². The summed E-state index contributed by atoms with van der Waals surface area (Å²) in [6.07, 6.45) is 9.75. The molecule has 0 heterocycles. The lowest BCUT2D eigenvalue weighted by atomic mass is 10.5. The largest absolute Gasteiger partial charge is 0.106 e. The highest BCUT2D eigenvalue weighted by molar-refractivity contribution is 4.98. The highest BCUT2D eigenvalue weighted by Gasteiger charge is 1.48. The van der Waals surface area contributed by atoms with Crippen LogP contribution in [0.1, 0.15) is 34.6 Å². The van der Waals surface area contributed by atoms with E-state index in [1.807, 2.05) is 58.9 Å². The third-order valence-corrected chi connectivity index (χ3v) is 0.496. The average molecular weight is 182 g/mol. The SMILES string of the molecule is C/C=C/C=C/C.C=C.C=CC.CC. The minimum Gasteiger partial charge on any atom is -0.106 e. The number of hydrogen-bond acceptors (Lipinski definition) is 0. The van der Waals surface area contributed by atoms with Gasteiger partial charge in [0.25, 0.3) is 0 Å². The molecule has 0 radical (unpaired) electrons. The smallest absolute Gasteiger partial charge is 0.0467 e. The van der Waals surface area contributed by atoms with E-state index in [2.05, 4.69) is 19.7 Å². The third-order valence-electron chi connectivity index (χ3n) is 0.496. The number of rotatable bonds is 1. The van der Waals surface area contributed by atoms with Gasteiger partial charge in [0, 0.05) is 0 Å². The van der Waals surface area contributed by atoms with Crippen LogP contribution < -0.4 is 0 Å². The molecule has 78 valence electrons. The van der Waals surface area contributed by atoms with E-state index >= 15 is 0 Å². The molecule has 0 amide bonds. The van der Waals surface area contributed by atoms with Gasteiger partial charge in [-0.15, -0.1) is 19.7 Å². The van der Waals surface area contributed by atoms with E-state index in [1.54, 1.807) is 6.08 Å². The first-order chi connectivity index (χ1) is 6.33. The Morgan fingerprint density at radius 1 is 0.769 bits per heavy atom. The molecule has 0 aromatic heterocycles. The molecule has 0 aromatic rings. The van der Waals surface area contributed by atoms with Gasteiger partial charge in [-0.3, -0.25) is 0 Å². The molecular formula is C13H26. The predicted molar refractivity (Wildman–Crippen MR) is 68.1 cm³/mol. The van der Waals surface area contributed by atoms with Gasteiger partial charge in [-0.2, -0.15) is 0 Å². The van der Waals surface area contributed by atoms with Gasteiger partial charge in [-0.1, -0.05) is 44.2 Å². The Morgan fingerprint density at radius 2 is 0.923 bits per heavy atom. The maximum atomic E-state index is 3.36. The summed E-state index contributed by atoms with van der Waals surface area (Å²) in [7, 11) is 0. The average Bonchev–Trinajstić information content (AvgIpc) is 2.22. The fraction of sp³-hybridized carbons (Fsp3) is 0.385. The monoisotopic (exact) mass is 182 g/mol. The highest BCUT2D eigenvalue weighted by atomic mass is 13.6. The molecule has 0 nitrogen and oxygen atoms in total. The van der Waals surface area contributed by atoms with Gasteiger partial charge in [-0.05, 0) is 20.8 Å². The summed E-state index contributed by atoms with van der Waals surface area (Å²) in [6, 6.07) is 0. The summed E-state index contributed by atoms with van der Waals surface area (Å²) < 4.78 is 0. The van der Waals surface area contributed by atoms with Crippen LogP contribution >= 0.6 is 0 Å². The molecular weight excluding hydrogens is 156 g/mol. The minimum atomic E-state index is 1.75. The van der Waals surface area contributed by atoms with E-state index < -0.39 is 0 Å². The van der Waals surface area contributed by atoms with Crippen molar-refractivity contribution < 1.29 is 0 Å². The predicted octanol–water partition coefficient (Wildman–Crippen LogP) is 5.16. The van der Waals surface area contributed by atoms with E-state index in [-0.39, 0.29) is 0 Å². The lowest BCUT2D eigenvalue weighted by molar-refractivity contribution is 1.50. The van der Waals surface area contributed by atoms with Gasteiger partial charge in [0.15, 0.2) is 0 Å². The van der Waals surface area contributed by atoms with E-state index in [0.717, 1.165) is 0 Å². The summed E-state index contributed by atoms with van der Waals surface area (Å²) in [4.78, 5) is 0. The summed E-state index contributed by atoms with van der Waals surface area (Å²) in [5.41, 5.74) is 0. The van der Waals surface area contributed by atoms with Crippen molar-refractivity contribution in [3.63, 3.8) is 0 Å². The van der Waals surface area contributed by atoms with Crippen LogP contribution in [0.3, 0.4) is 0 Å². The minimum absolute atomic E-state index is 1.75. The standard InChI is InChI=1S/C6H10.C3H6.C2H6.C2H4/c1-3-5-6-4-2;1-3-2;2*1-2/h3-6H,1-2H3;3H,1H2,2H3;1-2H3;1-2H2/b5-3+,6-4+;;;. The molecule has 0 N–H and O–H groups in total. The number of allylic oxidation sites excluding steroid dienone is 5. The summed E-state index contributed by atoms with van der Waals surface area (Å²) in [5, 5.41) is 0. The van der Waals surface area contributed by atoms with Crippen molar-refractivity contribution in [2.75, 3.05) is 0 Å². The van der Waals surface area contributed by atoms with E-state index in [0.29, 0.717) is 0 Å². The second kappa shape index (κ2) is 69.3. The molecule has 0 heteroatoms. The molecule has 0 fully saturated rings. The second-order valence-corrected chi connectivity index (χ2v) is 1.46. The van der Waals surface area contributed by atoms with Crippen molar-refractivity contribution in [2.45, 2.75) is 34.6 Å². The Bertz CT molecular complexity index is 86.6. The maximum Gasteiger partial charge on any atom is -0.0467 e. The van der Waals surface area contributed by atoms with E-state index in [1.165, 1.54) is 0 Å². The summed E-state index contributed by atoms with van der Waals surface area (Å²) in [5.74, 6) is 0. The Labute approximate surface area is 85.4 Å². The van der Waals surface area contributed by atoms with Crippen molar-refractivity contribution in [2.24, 2.45) is 0 Å². The molecule has 0 aromatic carbocycles. The van der Waals surface area contributed by atoms with Crippen LogP contribution in [-0.4, -0.2) is 0 Å². The van der Waals surface area contributed by atoms with Crippen molar-refractivity contribution in [3.8, 4) is 0 Å². The Balaban J connectivity index is -0.0000000493. The molecule has 0 saturated carbocycles. The molecule has 0 bridgehead atoms. The molecule has 0 unspecified atom stereocenters. The first kappa shape index (κ1) is 22.7.